The van der Waals surface area contributed by atoms with Gasteiger partial charge in [-0.05, 0) is 22.5 Å². The lowest BCUT2D eigenvalue weighted by Gasteiger charge is -2.64. The second kappa shape index (κ2) is 3.46. The van der Waals surface area contributed by atoms with Crippen molar-refractivity contribution in [3.63, 3.8) is 0 Å². The first-order valence-corrected chi connectivity index (χ1v) is 6.39. The summed E-state index contributed by atoms with van der Waals surface area (Å²) in [6.07, 6.45) is 4.20. The maximum atomic E-state index is 9.80. The first kappa shape index (κ1) is 11.5. The molecule has 1 aromatic carbocycles. The van der Waals surface area contributed by atoms with Crippen molar-refractivity contribution < 1.29 is 5.11 Å². The van der Waals surface area contributed by atoms with E-state index in [4.69, 9.17) is 0 Å². The van der Waals surface area contributed by atoms with Crippen LogP contribution < -0.4 is 0 Å². The Kier molecular flexibility index (Phi) is 2.21. The molecule has 2 aliphatic rings. The molecule has 0 unspecified atom stereocenters. The van der Waals surface area contributed by atoms with Crippen LogP contribution in [0, 0.1) is 28.6 Å². The van der Waals surface area contributed by atoms with E-state index in [2.05, 4.69) is 44.2 Å². The van der Waals surface area contributed by atoms with Gasteiger partial charge in [0.15, 0.2) is 0 Å². The summed E-state index contributed by atoms with van der Waals surface area (Å²) in [6, 6.07) is 10.7. The summed E-state index contributed by atoms with van der Waals surface area (Å²) >= 11 is 0. The van der Waals surface area contributed by atoms with Crippen molar-refractivity contribution in [1.82, 2.24) is 0 Å². The highest BCUT2D eigenvalue weighted by Gasteiger charge is 2.68. The maximum Gasteiger partial charge on any atom is 0.0948 e. The number of hydrogen-bond donors (Lipinski definition) is 1. The van der Waals surface area contributed by atoms with Gasteiger partial charge in [-0.25, -0.2) is 0 Å². The molecule has 1 N–H and O–H groups in total. The van der Waals surface area contributed by atoms with Gasteiger partial charge in [-0.3, -0.25) is 0 Å². The smallest absolute Gasteiger partial charge is 0.0948 e. The lowest BCUT2D eigenvalue weighted by atomic mass is 9.37. The van der Waals surface area contributed by atoms with Crippen LogP contribution in [0.2, 0.25) is 0 Å². The normalized spacial score (nSPS) is 35.0. The molecule has 0 saturated heterocycles. The van der Waals surface area contributed by atoms with Crippen LogP contribution in [0.5, 0.6) is 0 Å². The Hall–Kier alpha value is -1.59. The van der Waals surface area contributed by atoms with Crippen LogP contribution in [-0.4, -0.2) is 11.7 Å². The average molecular weight is 239 g/mol. The van der Waals surface area contributed by atoms with Crippen molar-refractivity contribution in [3.05, 3.63) is 41.5 Å². The maximum absolute atomic E-state index is 9.80. The van der Waals surface area contributed by atoms with Crippen molar-refractivity contribution >= 4 is 6.08 Å². The molecule has 0 aromatic heterocycles. The van der Waals surface area contributed by atoms with E-state index >= 15 is 0 Å². The fourth-order valence-corrected chi connectivity index (χ4v) is 4.01. The van der Waals surface area contributed by atoms with Gasteiger partial charge in [-0.2, -0.15) is 5.26 Å². The molecule has 0 bridgehead atoms. The Bertz CT molecular complexity index is 567. The molecule has 0 heterocycles. The van der Waals surface area contributed by atoms with Crippen LogP contribution in [0.3, 0.4) is 0 Å². The molecule has 0 radical (unpaired) electrons. The summed E-state index contributed by atoms with van der Waals surface area (Å²) in [6.45, 7) is 4.35. The number of aliphatic hydroxyl groups excluding tert-OH is 1. The molecule has 2 heteroatoms. The molecule has 2 aliphatic carbocycles. The first-order chi connectivity index (χ1) is 8.59. The predicted octanol–water partition coefficient (Wildman–Crippen LogP) is 2.74. The highest BCUT2D eigenvalue weighted by molar-refractivity contribution is 5.65. The van der Waals surface area contributed by atoms with E-state index in [-0.39, 0.29) is 23.9 Å². The fraction of sp³-hybridized carbons (Fsp3) is 0.438. The summed E-state index contributed by atoms with van der Waals surface area (Å²) in [5.41, 5.74) is 1.59. The number of benzene rings is 1. The van der Waals surface area contributed by atoms with Crippen LogP contribution in [0.4, 0.5) is 0 Å². The summed E-state index contributed by atoms with van der Waals surface area (Å²) in [7, 11) is 0. The fourth-order valence-electron chi connectivity index (χ4n) is 4.01. The zero-order chi connectivity index (χ0) is 13.0. The van der Waals surface area contributed by atoms with Gasteiger partial charge in [0.1, 0.15) is 0 Å². The van der Waals surface area contributed by atoms with Gasteiger partial charge in [-0.15, -0.1) is 0 Å². The number of aliphatic hydroxyl groups is 1. The van der Waals surface area contributed by atoms with Gasteiger partial charge >= 0.3 is 0 Å². The Morgan fingerprint density at radius 3 is 2.72 bits per heavy atom. The highest BCUT2D eigenvalue weighted by atomic mass is 16.3. The first-order valence-electron chi connectivity index (χ1n) is 6.39. The molecular formula is C16H17NO. The molecule has 92 valence electrons. The lowest BCUT2D eigenvalue weighted by molar-refractivity contribution is -0.0965. The zero-order valence-corrected chi connectivity index (χ0v) is 10.7. The lowest BCUT2D eigenvalue weighted by Crippen LogP contribution is -2.66. The molecule has 0 spiro atoms. The molecule has 0 aliphatic heterocycles. The van der Waals surface area contributed by atoms with Gasteiger partial charge < -0.3 is 5.11 Å². The SMILES string of the molecule is CC1(C)[C@@H](CO)[C@@H]2C=Cc3ccccc3[C@@]21C#N. The minimum absolute atomic E-state index is 0.136. The molecule has 1 aromatic rings. The molecule has 1 fully saturated rings. The van der Waals surface area contributed by atoms with Crippen molar-refractivity contribution in [3.8, 4) is 6.07 Å². The van der Waals surface area contributed by atoms with Crippen molar-refractivity contribution in [2.45, 2.75) is 19.3 Å². The van der Waals surface area contributed by atoms with Crippen LogP contribution in [0.25, 0.3) is 6.08 Å². The van der Waals surface area contributed by atoms with E-state index in [1.165, 1.54) is 0 Å². The second-order valence-corrected chi connectivity index (χ2v) is 5.90. The minimum Gasteiger partial charge on any atom is -0.396 e. The van der Waals surface area contributed by atoms with Crippen LogP contribution in [0.1, 0.15) is 25.0 Å². The molecule has 3 rings (SSSR count). The Morgan fingerprint density at radius 1 is 1.33 bits per heavy atom. The number of nitrogens with zero attached hydrogens (tertiary/aromatic N) is 1. The summed E-state index contributed by atoms with van der Waals surface area (Å²) < 4.78 is 0. The monoisotopic (exact) mass is 239 g/mol. The van der Waals surface area contributed by atoms with Crippen LogP contribution in [0.15, 0.2) is 30.3 Å². The Morgan fingerprint density at radius 2 is 2.06 bits per heavy atom. The number of fused-ring (bicyclic) bond motifs is 3. The third-order valence-corrected chi connectivity index (χ3v) is 5.12. The second-order valence-electron chi connectivity index (χ2n) is 5.90. The third kappa shape index (κ3) is 1.02. The van der Waals surface area contributed by atoms with E-state index < -0.39 is 5.41 Å². The zero-order valence-electron chi connectivity index (χ0n) is 10.7. The highest BCUT2D eigenvalue weighted by Crippen LogP contribution is 2.67. The van der Waals surface area contributed by atoms with E-state index in [9.17, 15) is 10.4 Å². The molecule has 1 saturated carbocycles. The van der Waals surface area contributed by atoms with Crippen molar-refractivity contribution in [1.29, 1.82) is 5.26 Å². The molecule has 2 nitrogen and oxygen atoms in total. The van der Waals surface area contributed by atoms with E-state index in [0.29, 0.717) is 0 Å². The molecule has 18 heavy (non-hydrogen) atoms. The summed E-state index contributed by atoms with van der Waals surface area (Å²) in [5.74, 6) is 0.305. The van der Waals surface area contributed by atoms with Gasteiger partial charge in [0, 0.05) is 12.5 Å². The minimum atomic E-state index is -0.480. The number of allylic oxidation sites excluding steroid dienone is 1. The Balaban J connectivity index is 2.24. The summed E-state index contributed by atoms with van der Waals surface area (Å²) in [5, 5.41) is 19.4. The van der Waals surface area contributed by atoms with Crippen LogP contribution in [-0.2, 0) is 5.41 Å². The largest absolute Gasteiger partial charge is 0.396 e. The van der Waals surface area contributed by atoms with Crippen molar-refractivity contribution in [2.24, 2.45) is 17.3 Å². The van der Waals surface area contributed by atoms with Crippen molar-refractivity contribution in [2.75, 3.05) is 6.61 Å². The van der Waals surface area contributed by atoms with Gasteiger partial charge in [0.05, 0.1) is 11.5 Å². The Labute approximate surface area is 108 Å². The summed E-state index contributed by atoms with van der Waals surface area (Å²) in [4.78, 5) is 0. The van der Waals surface area contributed by atoms with Gasteiger partial charge in [0.2, 0.25) is 0 Å². The topological polar surface area (TPSA) is 44.0 Å². The standard InChI is InChI=1S/C16H17NO/c1-15(2)14(9-18)13-8-7-11-5-3-4-6-12(11)16(13,15)10-17/h3-8,13-14,18H,9H2,1-2H3/t13-,14-,16-/m0/s1. The molecule has 3 atom stereocenters. The number of hydrogen-bond acceptors (Lipinski definition) is 2. The quantitative estimate of drug-likeness (QED) is 0.819. The molecular weight excluding hydrogens is 222 g/mol. The number of rotatable bonds is 1. The van der Waals surface area contributed by atoms with Gasteiger partial charge in [0.25, 0.3) is 0 Å². The average Bonchev–Trinajstić information content (AvgIpc) is 2.37. The van der Waals surface area contributed by atoms with Crippen LogP contribution >= 0.6 is 0 Å². The third-order valence-electron chi connectivity index (χ3n) is 5.12. The predicted molar refractivity (Wildman–Crippen MR) is 70.6 cm³/mol. The van der Waals surface area contributed by atoms with E-state index in [1.807, 2.05) is 12.1 Å². The van der Waals surface area contributed by atoms with Gasteiger partial charge in [-0.1, -0.05) is 50.3 Å². The molecule has 0 amide bonds. The number of nitriles is 1. The van der Waals surface area contributed by atoms with E-state index in [0.717, 1.165) is 11.1 Å². The van der Waals surface area contributed by atoms with E-state index in [1.54, 1.807) is 0 Å².